The monoisotopic (exact) mass is 902 g/mol. The molecule has 0 aliphatic rings. The molecular formula is C57H72Cl2F4. The number of benzene rings is 6. The Bertz CT molecular complexity index is 2000. The van der Waals surface area contributed by atoms with Crippen LogP contribution in [-0.4, -0.2) is 0 Å². The minimum absolute atomic E-state index is 0.0992. The Labute approximate surface area is 389 Å². The van der Waals surface area contributed by atoms with Gasteiger partial charge in [0.15, 0.2) is 0 Å². The van der Waals surface area contributed by atoms with Gasteiger partial charge in [-0.2, -0.15) is 13.2 Å². The maximum atomic E-state index is 12.8. The van der Waals surface area contributed by atoms with Crippen molar-refractivity contribution < 1.29 is 17.6 Å². The van der Waals surface area contributed by atoms with Gasteiger partial charge in [-0.05, 0) is 113 Å². The summed E-state index contributed by atoms with van der Waals surface area (Å²) in [6.45, 7) is 29.2. The highest BCUT2D eigenvalue weighted by molar-refractivity contribution is 6.31. The van der Waals surface area contributed by atoms with Crippen molar-refractivity contribution in [2.45, 2.75) is 139 Å². The highest BCUT2D eigenvalue weighted by Crippen LogP contribution is 2.34. The lowest BCUT2D eigenvalue weighted by atomic mass is 9.97. The van der Waals surface area contributed by atoms with Crippen LogP contribution in [0.5, 0.6) is 0 Å². The summed E-state index contributed by atoms with van der Waals surface area (Å²) in [6, 6.07) is 45.8. The van der Waals surface area contributed by atoms with Gasteiger partial charge in [0.05, 0.1) is 5.56 Å². The van der Waals surface area contributed by atoms with Crippen LogP contribution < -0.4 is 0 Å². The fraction of sp³-hybridized carbons (Fsp3) is 0.368. The Morgan fingerprint density at radius 3 is 1.03 bits per heavy atom. The van der Waals surface area contributed by atoms with Crippen molar-refractivity contribution in [3.8, 4) is 0 Å². The number of hydrogen-bond acceptors (Lipinski definition) is 0. The molecule has 342 valence electrons. The Balaban J connectivity index is 0.000000379. The zero-order chi connectivity index (χ0) is 47.9. The molecule has 0 aromatic heterocycles. The van der Waals surface area contributed by atoms with E-state index in [2.05, 4.69) is 130 Å². The third kappa shape index (κ3) is 22.7. The molecule has 6 aromatic rings. The molecule has 0 heterocycles. The van der Waals surface area contributed by atoms with Crippen LogP contribution in [0.1, 0.15) is 169 Å². The van der Waals surface area contributed by atoms with E-state index in [0.29, 0.717) is 29.2 Å². The van der Waals surface area contributed by atoms with Crippen LogP contribution in [0.2, 0.25) is 10.0 Å². The summed E-state index contributed by atoms with van der Waals surface area (Å²) in [5.41, 5.74) is 8.72. The summed E-state index contributed by atoms with van der Waals surface area (Å²) >= 11 is 11.7. The molecule has 0 unspecified atom stereocenters. The van der Waals surface area contributed by atoms with Gasteiger partial charge in [-0.15, -0.1) is 0 Å². The van der Waals surface area contributed by atoms with Crippen molar-refractivity contribution in [2.75, 3.05) is 0 Å². The normalized spacial score (nSPS) is 10.8. The second-order valence-electron chi connectivity index (χ2n) is 17.4. The number of alkyl halides is 3. The highest BCUT2D eigenvalue weighted by atomic mass is 35.5. The minimum Gasteiger partial charge on any atom is -0.207 e. The molecular weight excluding hydrogens is 832 g/mol. The summed E-state index contributed by atoms with van der Waals surface area (Å²) in [5, 5.41) is 1.70. The van der Waals surface area contributed by atoms with Gasteiger partial charge in [-0.1, -0.05) is 233 Å². The third-order valence-corrected chi connectivity index (χ3v) is 10.5. The van der Waals surface area contributed by atoms with E-state index >= 15 is 0 Å². The maximum absolute atomic E-state index is 12.8. The van der Waals surface area contributed by atoms with E-state index in [0.717, 1.165) is 21.7 Å². The number of rotatable bonds is 6. The highest BCUT2D eigenvalue weighted by Gasteiger charge is 2.33. The lowest BCUT2D eigenvalue weighted by Crippen LogP contribution is -2.09. The molecule has 6 rings (SSSR count). The Kier molecular flexibility index (Phi) is 26.2. The molecule has 0 N–H and O–H groups in total. The van der Waals surface area contributed by atoms with Crippen LogP contribution in [0, 0.1) is 19.7 Å². The first-order chi connectivity index (χ1) is 29.5. The van der Waals surface area contributed by atoms with E-state index < -0.39 is 11.7 Å². The molecule has 6 heteroatoms. The topological polar surface area (TPSA) is 0 Å². The van der Waals surface area contributed by atoms with Gasteiger partial charge in [0, 0.05) is 10.0 Å². The first kappa shape index (κ1) is 56.6. The molecule has 0 atom stereocenters. The standard InChI is InChI=1S/C10H11F3.2C10H14.2C9H11Cl.C9H11F/c1-7(2)8-5-3-4-6-9(8)10(11,12)13;2*1-8(2)10-6-4-5-9(3)7-10;1-7(2)8-4-3-5-9(10)6-8;2*1-7(2)8-5-3-4-6-9(8)10/h3-7H,1-2H3;2*4-8H,1-3H3;3*3-7H,1-2H3. The Morgan fingerprint density at radius 1 is 0.381 bits per heavy atom. The van der Waals surface area contributed by atoms with Gasteiger partial charge < -0.3 is 0 Å². The second-order valence-corrected chi connectivity index (χ2v) is 18.3. The molecule has 0 bridgehead atoms. The summed E-state index contributed by atoms with van der Waals surface area (Å²) in [5.74, 6) is 2.48. The minimum atomic E-state index is -4.24. The zero-order valence-electron chi connectivity index (χ0n) is 40.1. The summed E-state index contributed by atoms with van der Waals surface area (Å²) in [7, 11) is 0. The van der Waals surface area contributed by atoms with Crippen LogP contribution in [0.4, 0.5) is 17.6 Å². The van der Waals surface area contributed by atoms with E-state index in [-0.39, 0.29) is 17.7 Å². The predicted octanol–water partition coefficient (Wildman–Crippen LogP) is 19.9. The fourth-order valence-electron chi connectivity index (χ4n) is 6.07. The summed E-state index contributed by atoms with van der Waals surface area (Å²) in [6.07, 6.45) is -4.24. The third-order valence-electron chi connectivity index (χ3n) is 9.88. The SMILES string of the molecule is CC(C)c1cccc(Cl)c1.CC(C)c1ccccc1C(F)(F)F.CC(C)c1ccccc1Cl.CC(C)c1ccccc1F.Cc1cccc(C(C)C)c1.Cc1cccc(C(C)C)c1. The van der Waals surface area contributed by atoms with Crippen LogP contribution >= 0.6 is 23.2 Å². The molecule has 0 saturated heterocycles. The van der Waals surface area contributed by atoms with E-state index in [1.165, 1.54) is 51.6 Å². The Morgan fingerprint density at radius 2 is 0.746 bits per heavy atom. The average molecular weight is 904 g/mol. The maximum Gasteiger partial charge on any atom is 0.416 e. The number of aryl methyl sites for hydroxylation is 2. The predicted molar refractivity (Wildman–Crippen MR) is 268 cm³/mol. The van der Waals surface area contributed by atoms with Gasteiger partial charge in [-0.3, -0.25) is 0 Å². The molecule has 0 aliphatic carbocycles. The Hall–Kier alpha value is -4.38. The van der Waals surface area contributed by atoms with E-state index in [9.17, 15) is 17.6 Å². The van der Waals surface area contributed by atoms with Gasteiger partial charge in [0.25, 0.3) is 0 Å². The van der Waals surface area contributed by atoms with Crippen LogP contribution in [0.3, 0.4) is 0 Å². The van der Waals surface area contributed by atoms with E-state index in [1.54, 1.807) is 26.0 Å². The van der Waals surface area contributed by atoms with Crippen molar-refractivity contribution in [1.29, 1.82) is 0 Å². The zero-order valence-corrected chi connectivity index (χ0v) is 41.6. The molecule has 0 aliphatic heterocycles. The smallest absolute Gasteiger partial charge is 0.207 e. The van der Waals surface area contributed by atoms with Crippen LogP contribution in [0.25, 0.3) is 0 Å². The van der Waals surface area contributed by atoms with Crippen LogP contribution in [0.15, 0.2) is 146 Å². The van der Waals surface area contributed by atoms with Gasteiger partial charge in [0.2, 0.25) is 0 Å². The lowest BCUT2D eigenvalue weighted by molar-refractivity contribution is -0.138. The number of hydrogen-bond donors (Lipinski definition) is 0. The quantitative estimate of drug-likeness (QED) is 0.146. The number of halogens is 6. The molecule has 0 spiro atoms. The molecule has 0 saturated carbocycles. The molecule has 0 fully saturated rings. The largest absolute Gasteiger partial charge is 0.416 e. The van der Waals surface area contributed by atoms with Crippen molar-refractivity contribution in [3.63, 3.8) is 0 Å². The molecule has 6 aromatic carbocycles. The van der Waals surface area contributed by atoms with Crippen molar-refractivity contribution in [3.05, 3.63) is 212 Å². The van der Waals surface area contributed by atoms with Gasteiger partial charge in [-0.25, -0.2) is 4.39 Å². The average Bonchev–Trinajstić information content (AvgIpc) is 3.22. The fourth-order valence-corrected chi connectivity index (χ4v) is 6.62. The first-order valence-corrected chi connectivity index (χ1v) is 22.7. The first-order valence-electron chi connectivity index (χ1n) is 22.0. The van der Waals surface area contributed by atoms with Crippen molar-refractivity contribution in [1.82, 2.24) is 0 Å². The van der Waals surface area contributed by atoms with Gasteiger partial charge >= 0.3 is 6.18 Å². The van der Waals surface area contributed by atoms with E-state index in [4.69, 9.17) is 23.2 Å². The molecule has 0 amide bonds. The van der Waals surface area contributed by atoms with Gasteiger partial charge in [0.1, 0.15) is 5.82 Å². The van der Waals surface area contributed by atoms with Crippen LogP contribution in [-0.2, 0) is 6.18 Å². The molecule has 63 heavy (non-hydrogen) atoms. The van der Waals surface area contributed by atoms with Crippen molar-refractivity contribution in [2.24, 2.45) is 0 Å². The summed E-state index contributed by atoms with van der Waals surface area (Å²) in [4.78, 5) is 0. The molecule has 0 nitrogen and oxygen atoms in total. The van der Waals surface area contributed by atoms with Crippen molar-refractivity contribution >= 4 is 23.2 Å². The molecule has 0 radical (unpaired) electrons. The summed E-state index contributed by atoms with van der Waals surface area (Å²) < 4.78 is 50.1. The lowest BCUT2D eigenvalue weighted by Gasteiger charge is -2.14. The second kappa shape index (κ2) is 29.1. The van der Waals surface area contributed by atoms with E-state index in [1.807, 2.05) is 62.4 Å².